The monoisotopic (exact) mass is 562 g/mol. The largest absolute Gasteiger partial charge is 0.497 e. The summed E-state index contributed by atoms with van der Waals surface area (Å²) in [6, 6.07) is 5.67. The Labute approximate surface area is 246 Å². The molecular weight excluding hydrogens is 516 g/mol. The predicted molar refractivity (Wildman–Crippen MR) is 169 cm³/mol. The molecule has 0 bridgehead atoms. The molecule has 1 aromatic carbocycles. The molecule has 1 fully saturated rings. The van der Waals surface area contributed by atoms with E-state index in [0.29, 0.717) is 12.2 Å². The van der Waals surface area contributed by atoms with Crippen LogP contribution in [0.15, 0.2) is 78.6 Å². The van der Waals surface area contributed by atoms with Crippen molar-refractivity contribution in [3.8, 4) is 18.6 Å². The average Bonchev–Trinajstić information content (AvgIpc) is 3.26. The van der Waals surface area contributed by atoms with Crippen LogP contribution in [0.3, 0.4) is 0 Å². The van der Waals surface area contributed by atoms with E-state index in [4.69, 9.17) is 14.2 Å². The smallest absolute Gasteiger partial charge is 0.272 e. The van der Waals surface area contributed by atoms with Gasteiger partial charge in [0.1, 0.15) is 17.0 Å². The van der Waals surface area contributed by atoms with Crippen molar-refractivity contribution in [1.29, 1.82) is 0 Å². The SMILES string of the molecule is C#C.C/C=C\C.C=CCC1=CCC=C(OC)C=C1.CNC(=O)c1nn(CCN2CCOCC2)c2c(OC)cccc12. The Hall–Kier alpha value is -4.06. The fourth-order valence-electron chi connectivity index (χ4n) is 4.00. The second-order valence-corrected chi connectivity index (χ2v) is 8.78. The van der Waals surface area contributed by atoms with Gasteiger partial charge in [0.05, 0.1) is 34.0 Å². The number of para-hydroxylation sites is 1. The Balaban J connectivity index is 0.000000391. The Bertz CT molecular complexity index is 1210. The molecule has 4 rings (SSSR count). The summed E-state index contributed by atoms with van der Waals surface area (Å²) in [5.41, 5.74) is 2.60. The van der Waals surface area contributed by atoms with Gasteiger partial charge < -0.3 is 19.5 Å². The maximum Gasteiger partial charge on any atom is 0.272 e. The number of nitrogens with zero attached hydrogens (tertiary/aromatic N) is 3. The summed E-state index contributed by atoms with van der Waals surface area (Å²) in [4.78, 5) is 14.4. The number of aromatic nitrogens is 2. The topological polar surface area (TPSA) is 77.9 Å². The summed E-state index contributed by atoms with van der Waals surface area (Å²) in [5.74, 6) is 1.48. The average molecular weight is 563 g/mol. The summed E-state index contributed by atoms with van der Waals surface area (Å²) in [7, 11) is 4.93. The van der Waals surface area contributed by atoms with Crippen molar-refractivity contribution in [2.24, 2.45) is 0 Å². The number of allylic oxidation sites excluding steroid dienone is 8. The Morgan fingerprint density at radius 3 is 2.39 bits per heavy atom. The van der Waals surface area contributed by atoms with Crippen LogP contribution in [0.2, 0.25) is 0 Å². The minimum Gasteiger partial charge on any atom is -0.497 e. The number of carbonyl (C=O) groups excluding carboxylic acids is 1. The molecule has 2 aromatic rings. The van der Waals surface area contributed by atoms with Crippen LogP contribution in [0.5, 0.6) is 5.75 Å². The lowest BCUT2D eigenvalue weighted by Crippen LogP contribution is -2.38. The summed E-state index contributed by atoms with van der Waals surface area (Å²) < 4.78 is 17.8. The van der Waals surface area contributed by atoms with Crippen molar-refractivity contribution in [1.82, 2.24) is 20.0 Å². The predicted octanol–water partition coefficient (Wildman–Crippen LogP) is 5.55. The van der Waals surface area contributed by atoms with Crippen LogP contribution in [0.1, 0.15) is 37.2 Å². The molecule has 1 saturated heterocycles. The van der Waals surface area contributed by atoms with Gasteiger partial charge in [-0.2, -0.15) is 5.10 Å². The van der Waals surface area contributed by atoms with Gasteiger partial charge in [0, 0.05) is 32.1 Å². The van der Waals surface area contributed by atoms with E-state index >= 15 is 0 Å². The van der Waals surface area contributed by atoms with Crippen molar-refractivity contribution in [2.45, 2.75) is 33.2 Å². The number of benzene rings is 1. The lowest BCUT2D eigenvalue weighted by atomic mass is 10.1. The molecule has 0 saturated carbocycles. The Morgan fingerprint density at radius 2 is 1.80 bits per heavy atom. The van der Waals surface area contributed by atoms with Gasteiger partial charge in [-0.15, -0.1) is 19.4 Å². The zero-order valence-corrected chi connectivity index (χ0v) is 25.3. The second kappa shape index (κ2) is 20.8. The molecule has 0 radical (unpaired) electrons. The number of hydrogen-bond acceptors (Lipinski definition) is 6. The number of carbonyl (C=O) groups is 1. The lowest BCUT2D eigenvalue weighted by Gasteiger charge is -2.26. The van der Waals surface area contributed by atoms with Gasteiger partial charge in [-0.25, -0.2) is 0 Å². The first-order valence-electron chi connectivity index (χ1n) is 13.7. The molecule has 222 valence electrons. The Morgan fingerprint density at radius 1 is 1.10 bits per heavy atom. The zero-order chi connectivity index (χ0) is 30.5. The third kappa shape index (κ3) is 11.5. The first-order chi connectivity index (χ1) is 20.0. The van der Waals surface area contributed by atoms with Gasteiger partial charge in [0.25, 0.3) is 5.91 Å². The molecule has 41 heavy (non-hydrogen) atoms. The van der Waals surface area contributed by atoms with E-state index < -0.39 is 0 Å². The van der Waals surface area contributed by atoms with Gasteiger partial charge in [-0.05, 0) is 50.5 Å². The number of nitrogens with one attached hydrogen (secondary N) is 1. The molecular formula is C33H46N4O4. The van der Waals surface area contributed by atoms with E-state index in [9.17, 15) is 4.79 Å². The fourth-order valence-corrected chi connectivity index (χ4v) is 4.00. The van der Waals surface area contributed by atoms with Gasteiger partial charge >= 0.3 is 0 Å². The maximum atomic E-state index is 12.1. The van der Waals surface area contributed by atoms with Gasteiger partial charge in [-0.3, -0.25) is 14.4 Å². The van der Waals surface area contributed by atoms with Crippen molar-refractivity contribution in [2.75, 3.05) is 54.1 Å². The van der Waals surface area contributed by atoms with Gasteiger partial charge in [0.2, 0.25) is 0 Å². The van der Waals surface area contributed by atoms with Crippen molar-refractivity contribution >= 4 is 16.8 Å². The van der Waals surface area contributed by atoms with Gasteiger partial charge in [-0.1, -0.05) is 42.5 Å². The highest BCUT2D eigenvalue weighted by atomic mass is 16.5. The number of methoxy groups -OCH3 is 2. The minimum atomic E-state index is -0.187. The highest BCUT2D eigenvalue weighted by molar-refractivity contribution is 6.06. The van der Waals surface area contributed by atoms with Crippen LogP contribution >= 0.6 is 0 Å². The molecule has 0 atom stereocenters. The molecule has 8 nitrogen and oxygen atoms in total. The summed E-state index contributed by atoms with van der Waals surface area (Å²) >= 11 is 0. The molecule has 1 aliphatic heterocycles. The van der Waals surface area contributed by atoms with E-state index in [1.54, 1.807) is 21.3 Å². The standard InChI is InChI=1S/C16H22N4O3.C11H14O.C4H8.C2H2/c1-17-16(21)14-12-4-3-5-13(22-2)15(12)20(18-14)7-6-19-8-10-23-11-9-19;1-3-5-10-6-4-7-11(12-2)9-8-10;1-3-4-2;1-2/h3-5H,6-11H2,1-2H3,(H,17,21);3,6-9H,1,4-5H2,2H3;3-4H,1-2H3;1-2H/b;;4-3-;. The maximum absolute atomic E-state index is 12.1. The summed E-state index contributed by atoms with van der Waals surface area (Å²) in [6.07, 6.45) is 24.1. The van der Waals surface area contributed by atoms with Crippen LogP contribution in [0, 0.1) is 12.8 Å². The van der Waals surface area contributed by atoms with Crippen molar-refractivity contribution in [3.63, 3.8) is 0 Å². The first kappa shape index (κ1) is 35.0. The highest BCUT2D eigenvalue weighted by Crippen LogP contribution is 2.28. The quantitative estimate of drug-likeness (QED) is 0.336. The molecule has 0 spiro atoms. The van der Waals surface area contributed by atoms with E-state index in [0.717, 1.165) is 68.1 Å². The molecule has 2 heterocycles. The molecule has 0 unspecified atom stereocenters. The number of morpholine rings is 1. The number of fused-ring (bicyclic) bond motifs is 1. The third-order valence-electron chi connectivity index (χ3n) is 6.24. The van der Waals surface area contributed by atoms with Crippen LogP contribution in [0.4, 0.5) is 0 Å². The fraction of sp³-hybridized carbons (Fsp3) is 0.394. The van der Waals surface area contributed by atoms with Crippen LogP contribution in [0.25, 0.3) is 10.9 Å². The number of hydrogen-bond donors (Lipinski definition) is 1. The second-order valence-electron chi connectivity index (χ2n) is 8.78. The van der Waals surface area contributed by atoms with Crippen LogP contribution in [-0.2, 0) is 16.0 Å². The lowest BCUT2D eigenvalue weighted by molar-refractivity contribution is 0.0361. The molecule has 8 heteroatoms. The molecule has 1 aliphatic carbocycles. The first-order valence-corrected chi connectivity index (χ1v) is 13.7. The van der Waals surface area contributed by atoms with Gasteiger partial charge in [0.15, 0.2) is 5.69 Å². The molecule has 1 N–H and O–H groups in total. The number of amides is 1. The normalized spacial score (nSPS) is 14.5. The summed E-state index contributed by atoms with van der Waals surface area (Å²) in [5, 5.41) is 7.98. The van der Waals surface area contributed by atoms with E-state index in [-0.39, 0.29) is 5.91 Å². The van der Waals surface area contributed by atoms with E-state index in [1.807, 2.05) is 61.0 Å². The molecule has 1 amide bonds. The third-order valence-corrected chi connectivity index (χ3v) is 6.24. The molecule has 2 aliphatic rings. The van der Waals surface area contributed by atoms with E-state index in [1.165, 1.54) is 5.57 Å². The van der Waals surface area contributed by atoms with Crippen molar-refractivity contribution in [3.05, 3.63) is 84.3 Å². The number of rotatable bonds is 8. The highest BCUT2D eigenvalue weighted by Gasteiger charge is 2.20. The summed E-state index contributed by atoms with van der Waals surface area (Å²) in [6.45, 7) is 12.7. The zero-order valence-electron chi connectivity index (χ0n) is 25.3. The number of terminal acetylenes is 1. The minimum absolute atomic E-state index is 0.187. The number of ether oxygens (including phenoxy) is 3. The van der Waals surface area contributed by atoms with Crippen LogP contribution in [-0.4, -0.2) is 74.7 Å². The Kier molecular flexibility index (Phi) is 17.7. The van der Waals surface area contributed by atoms with Crippen molar-refractivity contribution < 1.29 is 19.0 Å². The van der Waals surface area contributed by atoms with E-state index in [2.05, 4.69) is 53.0 Å². The van der Waals surface area contributed by atoms with Crippen LogP contribution < -0.4 is 10.1 Å². The molecule has 1 aromatic heterocycles.